The molecule has 0 aromatic heterocycles. The molecule has 3 aliphatic heterocycles. The molecule has 2 saturated carbocycles. The summed E-state index contributed by atoms with van der Waals surface area (Å²) in [5.74, 6) is -1.04. The third-order valence-corrected chi connectivity index (χ3v) is 10.9. The van der Waals surface area contributed by atoms with Crippen LogP contribution in [0.5, 0.6) is 0 Å². The van der Waals surface area contributed by atoms with Gasteiger partial charge in [-0.05, 0) is 55.2 Å². The molecule has 40 heavy (non-hydrogen) atoms. The van der Waals surface area contributed by atoms with Crippen molar-refractivity contribution >= 4 is 46.6 Å². The second-order valence-corrected chi connectivity index (χ2v) is 13.7. The summed E-state index contributed by atoms with van der Waals surface area (Å²) in [6, 6.07) is 4.03. The van der Waals surface area contributed by atoms with Gasteiger partial charge in [-0.1, -0.05) is 81.8 Å². The van der Waals surface area contributed by atoms with Gasteiger partial charge in [-0.3, -0.25) is 14.4 Å². The Kier molecular flexibility index (Phi) is 7.46. The van der Waals surface area contributed by atoms with E-state index in [9.17, 15) is 14.4 Å². The van der Waals surface area contributed by atoms with Crippen LogP contribution in [-0.2, 0) is 19.1 Å². The van der Waals surface area contributed by atoms with Gasteiger partial charge in [-0.25, -0.2) is 0 Å². The molecule has 3 amide bonds. The van der Waals surface area contributed by atoms with Gasteiger partial charge in [0.15, 0.2) is 0 Å². The smallest absolute Gasteiger partial charge is 0.246 e. The van der Waals surface area contributed by atoms with Crippen LogP contribution in [0.25, 0.3) is 0 Å². The van der Waals surface area contributed by atoms with Gasteiger partial charge in [0.05, 0.1) is 17.9 Å². The molecule has 2 aliphatic carbocycles. The lowest BCUT2D eigenvalue weighted by Gasteiger charge is -2.42. The summed E-state index contributed by atoms with van der Waals surface area (Å²) < 4.78 is 6.55. The Morgan fingerprint density at radius 1 is 0.950 bits per heavy atom. The van der Waals surface area contributed by atoms with E-state index >= 15 is 0 Å². The molecule has 9 heteroatoms. The normalized spacial score (nSPS) is 40.3. The van der Waals surface area contributed by atoms with Crippen LogP contribution in [0.2, 0.25) is 10.0 Å². The van der Waals surface area contributed by atoms with Crippen molar-refractivity contribution < 1.29 is 19.1 Å². The molecular weight excluding hydrogens is 549 g/mol. The number of carbonyl (C=O) groups excluding carboxylic acids is 3. The van der Waals surface area contributed by atoms with Gasteiger partial charge in [-0.15, -0.1) is 0 Å². The maximum atomic E-state index is 14.4. The second-order valence-electron chi connectivity index (χ2n) is 12.8. The summed E-state index contributed by atoms with van der Waals surface area (Å²) in [6.07, 6.45) is 10.3. The van der Waals surface area contributed by atoms with Crippen LogP contribution in [0, 0.1) is 29.6 Å². The number of fused-ring (bicyclic) bond motifs is 1. The van der Waals surface area contributed by atoms with E-state index in [1.807, 2.05) is 17.1 Å². The van der Waals surface area contributed by atoms with E-state index in [4.69, 9.17) is 27.9 Å². The van der Waals surface area contributed by atoms with E-state index in [0.29, 0.717) is 27.6 Å². The van der Waals surface area contributed by atoms with E-state index in [0.717, 1.165) is 44.9 Å². The number of likely N-dealkylation sites (tertiary alicyclic amines) is 1. The predicted octanol–water partition coefficient (Wildman–Crippen LogP) is 5.60. The number of ether oxygens (including phenoxy) is 1. The Morgan fingerprint density at radius 2 is 1.65 bits per heavy atom. The first-order chi connectivity index (χ1) is 19.1. The first-order valence-electron chi connectivity index (χ1n) is 14.9. The SMILES string of the molecule is CC1CCCC(NC(=O)C2N(C3CCCCC3C)C(=O)[C@@H]3C(C(=O)Nc4cc(Cl)cc(Cl)c4)[C@@H]4C=CC23O4)C1C. The standard InChI is InChI=1S/C31H39Cl2N3O4/c1-16-8-6-9-22(18(16)3)35-29(38)27-31-12-11-24(40-31)25(28(37)34-21-14-19(32)13-20(33)15-21)26(31)30(39)36(27)23-10-5-4-7-17(23)2/h11-18,22-27H,4-10H2,1-3H3,(H,34,37)(H,35,38)/t16?,17?,18?,22?,23?,24-,25?,26-,27?,31?/m0/s1. The van der Waals surface area contributed by atoms with E-state index < -0.39 is 29.6 Å². The highest BCUT2D eigenvalue weighted by Crippen LogP contribution is 2.56. The lowest BCUT2D eigenvalue weighted by molar-refractivity contribution is -0.146. The molecule has 3 heterocycles. The summed E-state index contributed by atoms with van der Waals surface area (Å²) in [5, 5.41) is 7.07. The summed E-state index contributed by atoms with van der Waals surface area (Å²) in [4.78, 5) is 44.3. The fourth-order valence-electron chi connectivity index (χ4n) is 8.17. The number of anilines is 1. The van der Waals surface area contributed by atoms with E-state index in [1.54, 1.807) is 18.2 Å². The minimum Gasteiger partial charge on any atom is -0.359 e. The van der Waals surface area contributed by atoms with Gasteiger partial charge < -0.3 is 20.3 Å². The molecule has 10 atom stereocenters. The van der Waals surface area contributed by atoms with Crippen molar-refractivity contribution in [3.05, 3.63) is 40.4 Å². The van der Waals surface area contributed by atoms with Gasteiger partial charge in [0.25, 0.3) is 0 Å². The number of nitrogens with zero attached hydrogens (tertiary/aromatic N) is 1. The largest absolute Gasteiger partial charge is 0.359 e. The Morgan fingerprint density at radius 3 is 2.38 bits per heavy atom. The third kappa shape index (κ3) is 4.57. The molecule has 2 bridgehead atoms. The Hall–Kier alpha value is -2.09. The first-order valence-corrected chi connectivity index (χ1v) is 15.6. The molecule has 2 saturated heterocycles. The zero-order valence-corrected chi connectivity index (χ0v) is 24.9. The predicted molar refractivity (Wildman–Crippen MR) is 155 cm³/mol. The number of hydrogen-bond donors (Lipinski definition) is 2. The van der Waals surface area contributed by atoms with Crippen molar-refractivity contribution in [2.24, 2.45) is 29.6 Å². The lowest BCUT2D eigenvalue weighted by atomic mass is 9.73. The third-order valence-electron chi connectivity index (χ3n) is 10.5. The topological polar surface area (TPSA) is 87.7 Å². The number of amides is 3. The van der Waals surface area contributed by atoms with Crippen molar-refractivity contribution in [2.75, 3.05) is 5.32 Å². The van der Waals surface area contributed by atoms with Gasteiger partial charge in [0, 0.05) is 27.8 Å². The van der Waals surface area contributed by atoms with Gasteiger partial charge in [-0.2, -0.15) is 0 Å². The van der Waals surface area contributed by atoms with Crippen LogP contribution in [0.3, 0.4) is 0 Å². The van der Waals surface area contributed by atoms with Crippen molar-refractivity contribution in [2.45, 2.75) is 95.5 Å². The molecule has 0 radical (unpaired) electrons. The van der Waals surface area contributed by atoms with Gasteiger partial charge in [0.1, 0.15) is 11.6 Å². The fourth-order valence-corrected chi connectivity index (χ4v) is 8.70. The van der Waals surface area contributed by atoms with Crippen molar-refractivity contribution in [1.29, 1.82) is 0 Å². The van der Waals surface area contributed by atoms with Crippen LogP contribution >= 0.6 is 23.2 Å². The fraction of sp³-hybridized carbons (Fsp3) is 0.645. The second kappa shape index (κ2) is 10.6. The molecule has 1 aromatic carbocycles. The molecule has 2 N–H and O–H groups in total. The Balaban J connectivity index is 1.34. The molecule has 7 nitrogen and oxygen atoms in total. The highest BCUT2D eigenvalue weighted by Gasteiger charge is 2.73. The summed E-state index contributed by atoms with van der Waals surface area (Å²) in [6.45, 7) is 6.62. The number of benzene rings is 1. The Labute approximate surface area is 246 Å². The van der Waals surface area contributed by atoms with Gasteiger partial charge in [0.2, 0.25) is 17.7 Å². The Bertz CT molecular complexity index is 1220. The molecular formula is C31H39Cl2N3O4. The lowest BCUT2D eigenvalue weighted by Crippen LogP contribution is -2.60. The average Bonchev–Trinajstić information content (AvgIpc) is 3.54. The van der Waals surface area contributed by atoms with Crippen molar-refractivity contribution in [1.82, 2.24) is 10.2 Å². The van der Waals surface area contributed by atoms with Crippen LogP contribution < -0.4 is 10.6 Å². The van der Waals surface area contributed by atoms with Crippen LogP contribution in [0.4, 0.5) is 5.69 Å². The van der Waals surface area contributed by atoms with Crippen molar-refractivity contribution in [3.63, 3.8) is 0 Å². The maximum absolute atomic E-state index is 14.4. The summed E-state index contributed by atoms with van der Waals surface area (Å²) in [7, 11) is 0. The molecule has 216 valence electrons. The molecule has 8 unspecified atom stereocenters. The van der Waals surface area contributed by atoms with E-state index in [-0.39, 0.29) is 35.7 Å². The highest BCUT2D eigenvalue weighted by molar-refractivity contribution is 6.35. The quantitative estimate of drug-likeness (QED) is 0.439. The summed E-state index contributed by atoms with van der Waals surface area (Å²) in [5.41, 5.74) is -0.707. The highest BCUT2D eigenvalue weighted by atomic mass is 35.5. The van der Waals surface area contributed by atoms with Crippen LogP contribution in [0.15, 0.2) is 30.4 Å². The number of hydrogen-bond acceptors (Lipinski definition) is 4. The number of carbonyl (C=O) groups is 3. The maximum Gasteiger partial charge on any atom is 0.246 e. The zero-order chi connectivity index (χ0) is 28.3. The van der Waals surface area contributed by atoms with Crippen LogP contribution in [-0.4, -0.2) is 52.5 Å². The molecule has 6 rings (SSSR count). The number of rotatable bonds is 5. The van der Waals surface area contributed by atoms with E-state index in [2.05, 4.69) is 31.4 Å². The monoisotopic (exact) mass is 587 g/mol. The zero-order valence-electron chi connectivity index (χ0n) is 23.4. The first kappa shape index (κ1) is 28.0. The van der Waals surface area contributed by atoms with Gasteiger partial charge >= 0.3 is 0 Å². The molecule has 4 fully saturated rings. The number of halogens is 2. The average molecular weight is 589 g/mol. The minimum atomic E-state index is -1.17. The minimum absolute atomic E-state index is 0.0571. The molecule has 1 aromatic rings. The molecule has 5 aliphatic rings. The van der Waals surface area contributed by atoms with Crippen LogP contribution in [0.1, 0.15) is 65.7 Å². The number of nitrogens with one attached hydrogen (secondary N) is 2. The molecule has 1 spiro atoms. The van der Waals surface area contributed by atoms with Crippen molar-refractivity contribution in [3.8, 4) is 0 Å². The summed E-state index contributed by atoms with van der Waals surface area (Å²) >= 11 is 12.3. The van der Waals surface area contributed by atoms with E-state index in [1.165, 1.54) is 0 Å².